The lowest BCUT2D eigenvalue weighted by molar-refractivity contribution is -0.870. The molecule has 0 aromatic heterocycles. The van der Waals surface area contributed by atoms with Gasteiger partial charge in [0.15, 0.2) is 0 Å². The van der Waals surface area contributed by atoms with Gasteiger partial charge in [-0.15, -0.1) is 0 Å². The SMILES string of the molecule is CC/C=C\C/C=C\C/C=C\C/C=C\C/C=C\CCCCCCCC(=O)OC(/C=C/CCCCCCCCCCCCC)C(COP(=O)([O-])OCC[N+](C)(C)C)NC(=O)CCCCC/C=C\C/C=C\C/C=C\C/C=C\C/C=C\CC. The fourth-order valence-corrected chi connectivity index (χ4v) is 9.00. The van der Waals surface area contributed by atoms with Crippen LogP contribution in [0.2, 0.25) is 0 Å². The second-order valence-electron chi connectivity index (χ2n) is 21.8. The van der Waals surface area contributed by atoms with Crippen molar-refractivity contribution in [3.63, 3.8) is 0 Å². The maximum atomic E-state index is 13.5. The molecule has 10 heteroatoms. The number of rotatable bonds is 55. The number of phosphoric ester groups is 1. The molecule has 0 heterocycles. The molecular weight excluding hydrogens is 1000 g/mol. The maximum Gasteiger partial charge on any atom is 0.306 e. The fourth-order valence-electron chi connectivity index (χ4n) is 8.28. The topological polar surface area (TPSA) is 114 Å². The van der Waals surface area contributed by atoms with E-state index in [1.165, 1.54) is 57.8 Å². The Balaban J connectivity index is 5.39. The third kappa shape index (κ3) is 58.6. The first kappa shape index (κ1) is 75.2. The van der Waals surface area contributed by atoms with Crippen LogP contribution in [-0.2, 0) is 27.9 Å². The number of allylic oxidation sites excluding steroid dienone is 21. The van der Waals surface area contributed by atoms with Crippen molar-refractivity contribution in [3.8, 4) is 0 Å². The monoisotopic (exact) mass is 1120 g/mol. The lowest BCUT2D eigenvalue weighted by atomic mass is 10.0. The normalized spacial score (nSPS) is 14.6. The molecule has 79 heavy (non-hydrogen) atoms. The van der Waals surface area contributed by atoms with Crippen LogP contribution in [0.4, 0.5) is 0 Å². The molecule has 450 valence electrons. The highest BCUT2D eigenvalue weighted by atomic mass is 31.2. The first-order chi connectivity index (χ1) is 38.4. The van der Waals surface area contributed by atoms with E-state index in [4.69, 9.17) is 13.8 Å². The molecule has 9 nitrogen and oxygen atoms in total. The first-order valence-corrected chi connectivity index (χ1v) is 33.0. The minimum absolute atomic E-state index is 0.0401. The summed E-state index contributed by atoms with van der Waals surface area (Å²) < 4.78 is 30.3. The van der Waals surface area contributed by atoms with Crippen molar-refractivity contribution in [1.29, 1.82) is 0 Å². The molecule has 0 bridgehead atoms. The molecule has 0 saturated carbocycles. The number of unbranched alkanes of at least 4 members (excludes halogenated alkanes) is 19. The highest BCUT2D eigenvalue weighted by molar-refractivity contribution is 7.45. The number of nitrogens with one attached hydrogen (secondary N) is 1. The Bertz CT molecular complexity index is 1810. The van der Waals surface area contributed by atoms with Crippen LogP contribution in [0.5, 0.6) is 0 Å². The number of amides is 1. The summed E-state index contributed by atoms with van der Waals surface area (Å²) in [5.74, 6) is -0.610. The second-order valence-corrected chi connectivity index (χ2v) is 23.2. The van der Waals surface area contributed by atoms with Crippen LogP contribution in [0.25, 0.3) is 0 Å². The molecule has 0 fully saturated rings. The summed E-state index contributed by atoms with van der Waals surface area (Å²) in [6, 6.07) is -0.924. The Hall–Kier alpha value is -3.85. The van der Waals surface area contributed by atoms with Gasteiger partial charge in [0.1, 0.15) is 19.3 Å². The van der Waals surface area contributed by atoms with Gasteiger partial charge in [-0.05, 0) is 122 Å². The number of likely N-dealkylation sites (N-methyl/N-ethyl adjacent to an activating group) is 1. The third-order valence-corrected chi connectivity index (χ3v) is 14.0. The van der Waals surface area contributed by atoms with Crippen molar-refractivity contribution in [1.82, 2.24) is 5.32 Å². The number of hydrogen-bond acceptors (Lipinski definition) is 7. The number of nitrogens with zero attached hydrogens (tertiary/aromatic N) is 1. The highest BCUT2D eigenvalue weighted by Gasteiger charge is 2.27. The molecule has 0 aromatic rings. The maximum absolute atomic E-state index is 13.5. The van der Waals surface area contributed by atoms with Crippen LogP contribution in [0.3, 0.4) is 0 Å². The van der Waals surface area contributed by atoms with Gasteiger partial charge < -0.3 is 28.5 Å². The summed E-state index contributed by atoms with van der Waals surface area (Å²) in [7, 11) is 1.13. The summed E-state index contributed by atoms with van der Waals surface area (Å²) in [6.07, 6.45) is 81.3. The van der Waals surface area contributed by atoms with Gasteiger partial charge in [-0.25, -0.2) is 0 Å². The minimum atomic E-state index is -4.72. The summed E-state index contributed by atoms with van der Waals surface area (Å²) in [6.45, 7) is 6.56. The molecule has 0 aliphatic carbocycles. The second kappa shape index (κ2) is 57.4. The van der Waals surface area contributed by atoms with Gasteiger partial charge in [0.2, 0.25) is 5.91 Å². The average molecular weight is 1120 g/mol. The summed E-state index contributed by atoms with van der Waals surface area (Å²) in [5, 5.41) is 3.00. The summed E-state index contributed by atoms with van der Waals surface area (Å²) >= 11 is 0. The van der Waals surface area contributed by atoms with E-state index >= 15 is 0 Å². The fraction of sp³-hybridized carbons (Fsp3) is 0.652. The van der Waals surface area contributed by atoms with Crippen molar-refractivity contribution in [2.45, 2.75) is 251 Å². The van der Waals surface area contributed by atoms with Gasteiger partial charge in [0.05, 0.1) is 33.8 Å². The molecule has 0 aliphatic rings. The molecule has 0 saturated heterocycles. The Morgan fingerprint density at radius 1 is 0.456 bits per heavy atom. The highest BCUT2D eigenvalue weighted by Crippen LogP contribution is 2.38. The predicted molar refractivity (Wildman–Crippen MR) is 339 cm³/mol. The van der Waals surface area contributed by atoms with Crippen LogP contribution < -0.4 is 10.2 Å². The number of phosphoric acid groups is 1. The standard InChI is InChI=1S/C69H117N2O7P/c1-7-10-13-16-19-22-25-28-30-32-34-35-37-39-41-44-47-50-53-56-59-62-69(73)78-67(60-57-54-51-48-45-42-27-24-21-18-15-12-9-3)66(65-77-79(74,75)76-64-63-71(4,5)6)70-68(72)61-58-55-52-49-46-43-40-38-36-33-31-29-26-23-20-17-14-11-8-2/h10-11,13-14,19-20,22-23,28-31,34-36,38-39,41,43,46,57,60,66-67H,7-9,12,15-18,21,24-27,32-33,37,40,42,44-45,47-56,58-59,61-65H2,1-6H3,(H-,70,72,74,75)/b13-10-,14-11-,22-19-,23-20-,30-28-,31-29-,35-34-,38-36-,41-39-,46-43-,60-57+. The van der Waals surface area contributed by atoms with Gasteiger partial charge >= 0.3 is 5.97 Å². The lowest BCUT2D eigenvalue weighted by Crippen LogP contribution is -2.47. The Morgan fingerprint density at radius 2 is 0.810 bits per heavy atom. The van der Waals surface area contributed by atoms with E-state index in [0.717, 1.165) is 135 Å². The number of esters is 1. The third-order valence-electron chi connectivity index (χ3n) is 13.1. The smallest absolute Gasteiger partial charge is 0.306 e. The van der Waals surface area contributed by atoms with E-state index in [0.29, 0.717) is 23.9 Å². The number of hydrogen-bond donors (Lipinski definition) is 1. The van der Waals surface area contributed by atoms with Crippen molar-refractivity contribution in [3.05, 3.63) is 134 Å². The zero-order valence-electron chi connectivity index (χ0n) is 51.3. The average Bonchev–Trinajstić information content (AvgIpc) is 3.41. The van der Waals surface area contributed by atoms with Crippen LogP contribution in [-0.4, -0.2) is 69.4 Å². The van der Waals surface area contributed by atoms with Gasteiger partial charge in [-0.2, -0.15) is 0 Å². The van der Waals surface area contributed by atoms with E-state index < -0.39 is 26.6 Å². The number of carbonyl (C=O) groups excluding carboxylic acids is 2. The van der Waals surface area contributed by atoms with Gasteiger partial charge in [0.25, 0.3) is 7.82 Å². The van der Waals surface area contributed by atoms with Gasteiger partial charge in [-0.1, -0.05) is 238 Å². The zero-order chi connectivity index (χ0) is 57.9. The predicted octanol–water partition coefficient (Wildman–Crippen LogP) is 19.0. The quantitative estimate of drug-likeness (QED) is 0.0212. The Morgan fingerprint density at radius 3 is 1.23 bits per heavy atom. The van der Waals surface area contributed by atoms with Gasteiger partial charge in [0, 0.05) is 12.8 Å². The van der Waals surface area contributed by atoms with Crippen molar-refractivity contribution in [2.75, 3.05) is 40.9 Å². The molecule has 0 aromatic carbocycles. The molecule has 1 N–H and O–H groups in total. The number of quaternary nitrogens is 1. The number of carbonyl (C=O) groups is 2. The van der Waals surface area contributed by atoms with Crippen LogP contribution in [0.15, 0.2) is 134 Å². The summed E-state index contributed by atoms with van der Waals surface area (Å²) in [4.78, 5) is 40.0. The summed E-state index contributed by atoms with van der Waals surface area (Å²) in [5.41, 5.74) is 0. The first-order valence-electron chi connectivity index (χ1n) is 31.5. The van der Waals surface area contributed by atoms with Crippen molar-refractivity contribution >= 4 is 19.7 Å². The van der Waals surface area contributed by atoms with E-state index in [1.54, 1.807) is 0 Å². The van der Waals surface area contributed by atoms with Crippen LogP contribution in [0, 0.1) is 0 Å². The lowest BCUT2D eigenvalue weighted by Gasteiger charge is -2.30. The zero-order valence-corrected chi connectivity index (χ0v) is 52.2. The largest absolute Gasteiger partial charge is 0.756 e. The number of ether oxygens (including phenoxy) is 1. The molecule has 3 atom stereocenters. The van der Waals surface area contributed by atoms with Crippen molar-refractivity contribution < 1.29 is 37.3 Å². The molecule has 0 rings (SSSR count). The van der Waals surface area contributed by atoms with Crippen LogP contribution >= 0.6 is 7.82 Å². The molecule has 3 unspecified atom stereocenters. The van der Waals surface area contributed by atoms with E-state index in [1.807, 2.05) is 33.3 Å². The van der Waals surface area contributed by atoms with E-state index in [2.05, 4.69) is 148 Å². The molecule has 0 aliphatic heterocycles. The Kier molecular flexibility index (Phi) is 54.6. The Labute approximate surface area is 485 Å². The van der Waals surface area contributed by atoms with Crippen LogP contribution in [0.1, 0.15) is 239 Å². The van der Waals surface area contributed by atoms with E-state index in [-0.39, 0.29) is 31.3 Å². The van der Waals surface area contributed by atoms with Gasteiger partial charge in [-0.3, -0.25) is 14.2 Å². The van der Waals surface area contributed by atoms with E-state index in [9.17, 15) is 19.0 Å². The van der Waals surface area contributed by atoms with Crippen molar-refractivity contribution in [2.24, 2.45) is 0 Å². The molecular formula is C69H117N2O7P. The molecule has 0 spiro atoms. The minimum Gasteiger partial charge on any atom is -0.756 e. The molecule has 1 amide bonds. The molecule has 0 radical (unpaired) electrons.